The van der Waals surface area contributed by atoms with Crippen LogP contribution >= 0.6 is 23.8 Å². The average molecular weight is 468 g/mol. The van der Waals surface area contributed by atoms with E-state index in [1.807, 2.05) is 4.90 Å². The molecule has 2 aromatic rings. The van der Waals surface area contributed by atoms with Crippen LogP contribution in [-0.2, 0) is 14.8 Å². The molecule has 1 saturated heterocycles. The summed E-state index contributed by atoms with van der Waals surface area (Å²) in [7, 11) is -3.57. The first-order valence-electron chi connectivity index (χ1n) is 9.40. The highest BCUT2D eigenvalue weighted by Crippen LogP contribution is 2.20. The quantitative estimate of drug-likeness (QED) is 0.534. The summed E-state index contributed by atoms with van der Waals surface area (Å²) in [6, 6.07) is 13.0. The van der Waals surface area contributed by atoms with Gasteiger partial charge >= 0.3 is 5.97 Å². The highest BCUT2D eigenvalue weighted by atomic mass is 35.5. The van der Waals surface area contributed by atoms with Crippen molar-refractivity contribution in [3.63, 3.8) is 0 Å². The molecule has 0 aromatic heterocycles. The van der Waals surface area contributed by atoms with E-state index in [0.717, 1.165) is 0 Å². The van der Waals surface area contributed by atoms with Crippen LogP contribution in [0.15, 0.2) is 53.4 Å². The summed E-state index contributed by atoms with van der Waals surface area (Å²) >= 11 is 11.3. The van der Waals surface area contributed by atoms with E-state index >= 15 is 0 Å². The first-order valence-corrected chi connectivity index (χ1v) is 11.6. The second kappa shape index (κ2) is 9.74. The fourth-order valence-corrected chi connectivity index (χ4v) is 4.88. The third kappa shape index (κ3) is 5.28. The largest absolute Gasteiger partial charge is 0.462 e. The third-order valence-corrected chi connectivity index (χ3v) is 7.13. The molecular formula is C20H22ClN3O4S2. The van der Waals surface area contributed by atoms with Gasteiger partial charge < -0.3 is 15.0 Å². The van der Waals surface area contributed by atoms with Crippen LogP contribution in [0.5, 0.6) is 0 Å². The van der Waals surface area contributed by atoms with E-state index in [4.69, 9.17) is 28.6 Å². The van der Waals surface area contributed by atoms with Gasteiger partial charge in [-0.1, -0.05) is 17.7 Å². The SMILES string of the molecule is CCOC(=O)c1cccc(NC(=S)N2CCN(S(=O)(=O)c3ccc(Cl)cc3)CC2)c1. The summed E-state index contributed by atoms with van der Waals surface area (Å²) in [6.07, 6.45) is 0. The van der Waals surface area contributed by atoms with Crippen LogP contribution < -0.4 is 5.32 Å². The number of benzene rings is 2. The second-order valence-electron chi connectivity index (χ2n) is 6.58. The number of piperazine rings is 1. The van der Waals surface area contributed by atoms with Crippen LogP contribution in [0.3, 0.4) is 0 Å². The number of rotatable bonds is 5. The number of ether oxygens (including phenoxy) is 1. The van der Waals surface area contributed by atoms with Gasteiger partial charge in [0.2, 0.25) is 10.0 Å². The first-order chi connectivity index (χ1) is 14.3. The fraction of sp³-hybridized carbons (Fsp3) is 0.300. The molecule has 3 rings (SSSR count). The highest BCUT2D eigenvalue weighted by Gasteiger charge is 2.29. The lowest BCUT2D eigenvalue weighted by molar-refractivity contribution is 0.0526. The van der Waals surface area contributed by atoms with E-state index in [1.165, 1.54) is 16.4 Å². The zero-order chi connectivity index (χ0) is 21.7. The number of carbonyl (C=O) groups excluding carboxylic acids is 1. The van der Waals surface area contributed by atoms with Gasteiger partial charge in [0, 0.05) is 36.9 Å². The summed E-state index contributed by atoms with van der Waals surface area (Å²) in [6.45, 7) is 3.59. The van der Waals surface area contributed by atoms with Gasteiger partial charge in [0.15, 0.2) is 5.11 Å². The molecule has 0 radical (unpaired) electrons. The molecule has 0 spiro atoms. The molecule has 1 heterocycles. The maximum Gasteiger partial charge on any atom is 0.338 e. The van der Waals surface area contributed by atoms with Crippen LogP contribution in [0.25, 0.3) is 0 Å². The Balaban J connectivity index is 1.60. The molecule has 7 nitrogen and oxygen atoms in total. The first kappa shape index (κ1) is 22.5. The predicted molar refractivity (Wildman–Crippen MR) is 120 cm³/mol. The van der Waals surface area contributed by atoms with Crippen LogP contribution in [0.1, 0.15) is 17.3 Å². The number of anilines is 1. The summed E-state index contributed by atoms with van der Waals surface area (Å²) < 4.78 is 32.0. The average Bonchev–Trinajstić information content (AvgIpc) is 2.74. The van der Waals surface area contributed by atoms with E-state index in [2.05, 4.69) is 5.32 Å². The topological polar surface area (TPSA) is 79.0 Å². The Morgan fingerprint density at radius 2 is 1.80 bits per heavy atom. The fourth-order valence-electron chi connectivity index (χ4n) is 3.03. The Kier molecular flexibility index (Phi) is 7.30. The van der Waals surface area contributed by atoms with Crippen LogP contribution in [0.2, 0.25) is 5.02 Å². The maximum atomic E-state index is 12.8. The van der Waals surface area contributed by atoms with Crippen LogP contribution in [0.4, 0.5) is 5.69 Å². The standard InChI is InChI=1S/C20H22ClN3O4S2/c1-2-28-19(25)15-4-3-5-17(14-15)22-20(29)23-10-12-24(13-11-23)30(26,27)18-8-6-16(21)7-9-18/h3-9,14H,2,10-13H2,1H3,(H,22,29). The summed E-state index contributed by atoms with van der Waals surface area (Å²) in [5.41, 5.74) is 1.10. The molecular weight excluding hydrogens is 446 g/mol. The number of sulfonamides is 1. The van der Waals surface area contributed by atoms with Crippen LogP contribution in [-0.4, -0.2) is 61.5 Å². The monoisotopic (exact) mass is 467 g/mol. The van der Waals surface area contributed by atoms with Crippen molar-refractivity contribution in [2.45, 2.75) is 11.8 Å². The minimum absolute atomic E-state index is 0.219. The molecule has 0 amide bonds. The van der Waals surface area contributed by atoms with Crippen molar-refractivity contribution in [3.05, 3.63) is 59.1 Å². The Morgan fingerprint density at radius 1 is 1.13 bits per heavy atom. The Morgan fingerprint density at radius 3 is 2.43 bits per heavy atom. The van der Waals surface area contributed by atoms with E-state index in [-0.39, 0.29) is 4.90 Å². The number of carbonyl (C=O) groups is 1. The Labute approximate surface area is 186 Å². The van der Waals surface area contributed by atoms with Gasteiger partial charge in [0.1, 0.15) is 0 Å². The van der Waals surface area contributed by atoms with Crippen molar-refractivity contribution in [3.8, 4) is 0 Å². The second-order valence-corrected chi connectivity index (χ2v) is 9.34. The lowest BCUT2D eigenvalue weighted by atomic mass is 10.2. The number of nitrogens with one attached hydrogen (secondary N) is 1. The summed E-state index contributed by atoms with van der Waals surface area (Å²) in [5.74, 6) is -0.395. The normalized spacial score (nSPS) is 14.9. The molecule has 30 heavy (non-hydrogen) atoms. The van der Waals surface area contributed by atoms with Crippen molar-refractivity contribution < 1.29 is 17.9 Å². The number of halogens is 1. The van der Waals surface area contributed by atoms with E-state index in [1.54, 1.807) is 43.3 Å². The number of thiocarbonyl (C=S) groups is 1. The molecule has 1 N–H and O–H groups in total. The summed E-state index contributed by atoms with van der Waals surface area (Å²) in [5, 5.41) is 4.07. The molecule has 10 heteroatoms. The zero-order valence-electron chi connectivity index (χ0n) is 16.4. The number of hydrogen-bond acceptors (Lipinski definition) is 5. The highest BCUT2D eigenvalue weighted by molar-refractivity contribution is 7.89. The zero-order valence-corrected chi connectivity index (χ0v) is 18.8. The predicted octanol–water partition coefficient (Wildman–Crippen LogP) is 3.22. The molecule has 160 valence electrons. The van der Waals surface area contributed by atoms with Crippen LogP contribution in [0, 0.1) is 0 Å². The molecule has 0 bridgehead atoms. The molecule has 0 aliphatic carbocycles. The van der Waals surface area contributed by atoms with E-state index in [0.29, 0.717) is 54.2 Å². The third-order valence-electron chi connectivity index (χ3n) is 4.60. The number of esters is 1. The molecule has 0 saturated carbocycles. The van der Waals surface area contributed by atoms with Gasteiger partial charge in [0.25, 0.3) is 0 Å². The van der Waals surface area contributed by atoms with Gasteiger partial charge in [-0.3, -0.25) is 0 Å². The van der Waals surface area contributed by atoms with Gasteiger partial charge in [-0.25, -0.2) is 13.2 Å². The Hall–Kier alpha value is -2.20. The lowest BCUT2D eigenvalue weighted by Crippen LogP contribution is -2.51. The minimum Gasteiger partial charge on any atom is -0.462 e. The van der Waals surface area contributed by atoms with Gasteiger partial charge in [0.05, 0.1) is 17.1 Å². The van der Waals surface area contributed by atoms with E-state index in [9.17, 15) is 13.2 Å². The number of nitrogens with zero attached hydrogens (tertiary/aromatic N) is 2. The van der Waals surface area contributed by atoms with Crippen molar-refractivity contribution in [2.24, 2.45) is 0 Å². The molecule has 1 aliphatic heterocycles. The van der Waals surface area contributed by atoms with Crippen molar-refractivity contribution in [1.82, 2.24) is 9.21 Å². The van der Waals surface area contributed by atoms with Gasteiger partial charge in [-0.2, -0.15) is 4.31 Å². The molecule has 0 unspecified atom stereocenters. The lowest BCUT2D eigenvalue weighted by Gasteiger charge is -2.35. The van der Waals surface area contributed by atoms with E-state index < -0.39 is 16.0 Å². The van der Waals surface area contributed by atoms with Crippen molar-refractivity contribution in [2.75, 3.05) is 38.1 Å². The van der Waals surface area contributed by atoms with Crippen molar-refractivity contribution >= 4 is 50.6 Å². The molecule has 2 aromatic carbocycles. The molecule has 1 fully saturated rings. The summed E-state index contributed by atoms with van der Waals surface area (Å²) in [4.78, 5) is 14.0. The van der Waals surface area contributed by atoms with Crippen molar-refractivity contribution in [1.29, 1.82) is 0 Å². The Bertz CT molecular complexity index is 1020. The maximum absolute atomic E-state index is 12.8. The molecule has 0 atom stereocenters. The number of hydrogen-bond donors (Lipinski definition) is 1. The van der Waals surface area contributed by atoms with Gasteiger partial charge in [-0.15, -0.1) is 0 Å². The molecule has 1 aliphatic rings. The van der Waals surface area contributed by atoms with Gasteiger partial charge in [-0.05, 0) is 61.6 Å². The smallest absolute Gasteiger partial charge is 0.338 e. The minimum atomic E-state index is -3.57.